The molecule has 1 aromatic rings. The first-order valence-electron chi connectivity index (χ1n) is 4.34. The molecular formula is C7H9N9O2. The molecule has 0 saturated heterocycles. The Balaban J connectivity index is 3.31. The van der Waals surface area contributed by atoms with Crippen LogP contribution in [0.5, 0.6) is 0 Å². The second-order valence-corrected chi connectivity index (χ2v) is 2.94. The third-order valence-corrected chi connectivity index (χ3v) is 1.79. The summed E-state index contributed by atoms with van der Waals surface area (Å²) < 4.78 is 0. The molecule has 1 heterocycles. The number of anilines is 2. The first kappa shape index (κ1) is 13.1. The summed E-state index contributed by atoms with van der Waals surface area (Å²) in [5.74, 6) is 9.91. The molecule has 0 spiro atoms. The first-order valence-corrected chi connectivity index (χ1v) is 4.34. The minimum Gasteiger partial charge on any atom is -0.350 e. The Morgan fingerprint density at radius 2 is 1.78 bits per heavy atom. The second-order valence-electron chi connectivity index (χ2n) is 2.94. The van der Waals surface area contributed by atoms with E-state index in [1.165, 1.54) is 0 Å². The van der Waals surface area contributed by atoms with Gasteiger partial charge in [-0.15, -0.1) is 0 Å². The second kappa shape index (κ2) is 4.91. The van der Waals surface area contributed by atoms with E-state index >= 15 is 0 Å². The lowest BCUT2D eigenvalue weighted by Crippen LogP contribution is -2.45. The lowest BCUT2D eigenvalue weighted by atomic mass is 10.3. The van der Waals surface area contributed by atoms with Crippen molar-refractivity contribution in [3.05, 3.63) is 11.8 Å². The highest BCUT2D eigenvalue weighted by Crippen LogP contribution is 2.16. The Hall–Kier alpha value is -2.97. The van der Waals surface area contributed by atoms with Gasteiger partial charge in [-0.25, -0.2) is 31.3 Å². The largest absolute Gasteiger partial charge is 0.350 e. The number of hydrazine groups is 2. The predicted octanol–water partition coefficient (Wildman–Crippen LogP) is -2.13. The Kier molecular flexibility index (Phi) is 3.57. The number of hydrogen-bond acceptors (Lipinski definition) is 7. The lowest BCUT2D eigenvalue weighted by Gasteiger charge is -2.16. The molecular weight excluding hydrogens is 242 g/mol. The van der Waals surface area contributed by atoms with E-state index in [0.29, 0.717) is 10.0 Å². The van der Waals surface area contributed by atoms with Crippen LogP contribution in [0.2, 0.25) is 0 Å². The summed E-state index contributed by atoms with van der Waals surface area (Å²) in [5, 5.41) is 9.62. The van der Waals surface area contributed by atoms with Gasteiger partial charge in [-0.3, -0.25) is 0 Å². The number of urea groups is 2. The normalized spacial score (nSPS) is 9.39. The van der Waals surface area contributed by atoms with Crippen LogP contribution < -0.4 is 33.2 Å². The predicted molar refractivity (Wildman–Crippen MR) is 59.2 cm³/mol. The van der Waals surface area contributed by atoms with E-state index < -0.39 is 12.1 Å². The van der Waals surface area contributed by atoms with Gasteiger partial charge >= 0.3 is 12.1 Å². The van der Waals surface area contributed by atoms with Gasteiger partial charge in [0.15, 0.2) is 5.82 Å². The smallest absolute Gasteiger partial charge is 0.336 e. The van der Waals surface area contributed by atoms with Crippen molar-refractivity contribution in [2.45, 2.75) is 0 Å². The standard InChI is InChI=1S/C7H9N9O2/c8-1-3-2-13-7(16(12)6(10)18)14-4(3)15(11)5(9)17/h2H,11-12H2,(H2,9,17)(H2,10,18). The van der Waals surface area contributed by atoms with E-state index in [2.05, 4.69) is 9.97 Å². The van der Waals surface area contributed by atoms with Gasteiger partial charge in [0, 0.05) is 0 Å². The third-order valence-electron chi connectivity index (χ3n) is 1.79. The van der Waals surface area contributed by atoms with E-state index in [-0.39, 0.29) is 17.3 Å². The van der Waals surface area contributed by atoms with E-state index in [1.807, 2.05) is 0 Å². The van der Waals surface area contributed by atoms with Gasteiger partial charge in [0.1, 0.15) is 11.6 Å². The number of carbonyl (C=O) groups is 2. The fourth-order valence-electron chi connectivity index (χ4n) is 0.945. The van der Waals surface area contributed by atoms with Gasteiger partial charge in [0.25, 0.3) is 5.95 Å². The van der Waals surface area contributed by atoms with Crippen molar-refractivity contribution in [3.63, 3.8) is 0 Å². The van der Waals surface area contributed by atoms with Gasteiger partial charge in [0.05, 0.1) is 6.20 Å². The Bertz CT molecular complexity index is 536. The zero-order valence-electron chi connectivity index (χ0n) is 8.94. The van der Waals surface area contributed by atoms with E-state index in [4.69, 9.17) is 28.4 Å². The molecule has 8 N–H and O–H groups in total. The lowest BCUT2D eigenvalue weighted by molar-refractivity contribution is 0.253. The molecule has 11 heteroatoms. The van der Waals surface area contributed by atoms with Gasteiger partial charge < -0.3 is 11.5 Å². The number of hydrogen-bond donors (Lipinski definition) is 4. The monoisotopic (exact) mass is 251 g/mol. The van der Waals surface area contributed by atoms with Crippen molar-refractivity contribution in [1.29, 1.82) is 5.26 Å². The van der Waals surface area contributed by atoms with Crippen LogP contribution >= 0.6 is 0 Å². The molecule has 4 amide bonds. The molecule has 0 aliphatic heterocycles. The molecule has 18 heavy (non-hydrogen) atoms. The van der Waals surface area contributed by atoms with Crippen molar-refractivity contribution in [2.24, 2.45) is 23.2 Å². The number of carbonyl (C=O) groups excluding carboxylic acids is 2. The number of aromatic nitrogens is 2. The van der Waals surface area contributed by atoms with Crippen LogP contribution in [0.25, 0.3) is 0 Å². The maximum Gasteiger partial charge on any atom is 0.336 e. The SMILES string of the molecule is N#Cc1cnc(N(N)C(N)=O)nc1N(N)C(N)=O. The summed E-state index contributed by atoms with van der Waals surface area (Å²) in [5.41, 5.74) is 9.71. The van der Waals surface area contributed by atoms with Crippen LogP contribution in [0, 0.1) is 11.3 Å². The molecule has 0 atom stereocenters. The Morgan fingerprint density at radius 1 is 1.22 bits per heavy atom. The fraction of sp³-hybridized carbons (Fsp3) is 0. The van der Waals surface area contributed by atoms with Crippen LogP contribution in [0.3, 0.4) is 0 Å². The molecule has 0 aliphatic rings. The topological polar surface area (TPSA) is 194 Å². The first-order chi connectivity index (χ1) is 8.38. The summed E-state index contributed by atoms with van der Waals surface area (Å²) in [7, 11) is 0. The zero-order chi connectivity index (χ0) is 13.9. The molecule has 0 aromatic carbocycles. The molecule has 0 radical (unpaired) electrons. The average molecular weight is 251 g/mol. The van der Waals surface area contributed by atoms with Crippen molar-refractivity contribution < 1.29 is 9.59 Å². The van der Waals surface area contributed by atoms with Crippen molar-refractivity contribution in [1.82, 2.24) is 9.97 Å². The highest BCUT2D eigenvalue weighted by Gasteiger charge is 2.19. The third kappa shape index (κ3) is 2.40. The number of amides is 4. The van der Waals surface area contributed by atoms with E-state index in [9.17, 15) is 9.59 Å². The molecule has 11 nitrogen and oxygen atoms in total. The molecule has 0 unspecified atom stereocenters. The summed E-state index contributed by atoms with van der Waals surface area (Å²) >= 11 is 0. The van der Waals surface area contributed by atoms with Crippen molar-refractivity contribution >= 4 is 23.8 Å². The number of nitriles is 1. The highest BCUT2D eigenvalue weighted by molar-refractivity contribution is 5.91. The fourth-order valence-corrected chi connectivity index (χ4v) is 0.945. The number of nitrogens with zero attached hydrogens (tertiary/aromatic N) is 5. The Morgan fingerprint density at radius 3 is 2.22 bits per heavy atom. The summed E-state index contributed by atoms with van der Waals surface area (Å²) in [4.78, 5) is 29.0. The number of nitrogens with two attached hydrogens (primary N) is 4. The average Bonchev–Trinajstić information content (AvgIpc) is 2.35. The van der Waals surface area contributed by atoms with Crippen LogP contribution in [0.4, 0.5) is 21.4 Å². The molecule has 1 aromatic heterocycles. The van der Waals surface area contributed by atoms with E-state index in [0.717, 1.165) is 6.20 Å². The number of rotatable bonds is 2. The van der Waals surface area contributed by atoms with Gasteiger partial charge in [-0.05, 0) is 0 Å². The minimum absolute atomic E-state index is 0.127. The maximum atomic E-state index is 10.9. The molecule has 0 bridgehead atoms. The van der Waals surface area contributed by atoms with Crippen LogP contribution in [0.15, 0.2) is 6.20 Å². The quantitative estimate of drug-likeness (QED) is 0.261. The maximum absolute atomic E-state index is 10.9. The van der Waals surface area contributed by atoms with Gasteiger partial charge in [0.2, 0.25) is 0 Å². The molecule has 0 aliphatic carbocycles. The molecule has 1 rings (SSSR count). The zero-order valence-corrected chi connectivity index (χ0v) is 8.94. The van der Waals surface area contributed by atoms with Crippen LogP contribution in [0.1, 0.15) is 5.56 Å². The Labute approximate surface area is 101 Å². The summed E-state index contributed by atoms with van der Waals surface area (Å²) in [6.07, 6.45) is 1.02. The van der Waals surface area contributed by atoms with Crippen molar-refractivity contribution in [2.75, 3.05) is 10.0 Å². The highest BCUT2D eigenvalue weighted by atomic mass is 16.2. The van der Waals surface area contributed by atoms with Gasteiger partial charge in [-0.2, -0.15) is 15.3 Å². The summed E-state index contributed by atoms with van der Waals surface area (Å²) in [6, 6.07) is -0.394. The molecule has 94 valence electrons. The number of primary amides is 2. The van der Waals surface area contributed by atoms with Crippen LogP contribution in [-0.2, 0) is 0 Å². The molecule has 0 fully saturated rings. The molecule has 0 saturated carbocycles. The van der Waals surface area contributed by atoms with Crippen LogP contribution in [-0.4, -0.2) is 22.0 Å². The van der Waals surface area contributed by atoms with Crippen molar-refractivity contribution in [3.8, 4) is 6.07 Å². The van der Waals surface area contributed by atoms with Gasteiger partial charge in [-0.1, -0.05) is 0 Å². The summed E-state index contributed by atoms with van der Waals surface area (Å²) in [6.45, 7) is 0. The van der Waals surface area contributed by atoms with E-state index in [1.54, 1.807) is 6.07 Å². The minimum atomic E-state index is -1.06.